The monoisotopic (exact) mass is 295 g/mol. The first-order chi connectivity index (χ1) is 9.49. The van der Waals surface area contributed by atoms with Gasteiger partial charge in [0.2, 0.25) is 11.8 Å². The minimum Gasteiger partial charge on any atom is -0.481 e. The minimum atomic E-state index is -0.657. The maximum atomic E-state index is 13.6. The van der Waals surface area contributed by atoms with E-state index in [4.69, 9.17) is 16.3 Å². The quantitative estimate of drug-likeness (QED) is 0.884. The number of nitrogens with one attached hydrogen (secondary N) is 1. The SMILES string of the molecule is COc1cc(Cl)nc(NC(=O)c2cc(C)ccc2F)n1. The maximum absolute atomic E-state index is 13.6. The summed E-state index contributed by atoms with van der Waals surface area (Å²) in [5, 5.41) is 2.48. The summed E-state index contributed by atoms with van der Waals surface area (Å²) in [7, 11) is 1.41. The van der Waals surface area contributed by atoms with Gasteiger partial charge in [0.1, 0.15) is 11.0 Å². The van der Waals surface area contributed by atoms with Crippen LogP contribution in [0.2, 0.25) is 5.15 Å². The number of benzene rings is 1. The van der Waals surface area contributed by atoms with E-state index >= 15 is 0 Å². The summed E-state index contributed by atoms with van der Waals surface area (Å²) in [6.45, 7) is 1.76. The molecule has 5 nitrogen and oxygen atoms in total. The number of hydrogen-bond acceptors (Lipinski definition) is 4. The average molecular weight is 296 g/mol. The van der Waals surface area contributed by atoms with Gasteiger partial charge in [0.15, 0.2) is 0 Å². The van der Waals surface area contributed by atoms with Crippen LogP contribution >= 0.6 is 11.6 Å². The summed E-state index contributed by atoms with van der Waals surface area (Å²) in [5.74, 6) is -1.14. The van der Waals surface area contributed by atoms with E-state index < -0.39 is 11.7 Å². The smallest absolute Gasteiger partial charge is 0.261 e. The van der Waals surface area contributed by atoms with Crippen LogP contribution in [0.4, 0.5) is 10.3 Å². The molecule has 20 heavy (non-hydrogen) atoms. The van der Waals surface area contributed by atoms with Crippen LogP contribution in [0.1, 0.15) is 15.9 Å². The third-order valence-electron chi connectivity index (χ3n) is 2.47. The number of carbonyl (C=O) groups is 1. The molecule has 0 unspecified atom stereocenters. The van der Waals surface area contributed by atoms with Gasteiger partial charge in [-0.15, -0.1) is 0 Å². The number of rotatable bonds is 3. The molecule has 0 bridgehead atoms. The fourth-order valence-corrected chi connectivity index (χ4v) is 1.71. The molecule has 1 amide bonds. The second-order valence-corrected chi connectivity index (χ2v) is 4.38. The Morgan fingerprint density at radius 2 is 2.10 bits per heavy atom. The van der Waals surface area contributed by atoms with E-state index in [1.54, 1.807) is 13.0 Å². The van der Waals surface area contributed by atoms with Gasteiger partial charge in [-0.25, -0.2) is 9.37 Å². The van der Waals surface area contributed by atoms with Crippen molar-refractivity contribution in [2.24, 2.45) is 0 Å². The molecule has 1 N–H and O–H groups in total. The Morgan fingerprint density at radius 1 is 1.35 bits per heavy atom. The van der Waals surface area contributed by atoms with Crippen LogP contribution in [0.3, 0.4) is 0 Å². The van der Waals surface area contributed by atoms with Gasteiger partial charge in [-0.1, -0.05) is 23.2 Å². The third-order valence-corrected chi connectivity index (χ3v) is 2.67. The highest BCUT2D eigenvalue weighted by Gasteiger charge is 2.14. The third kappa shape index (κ3) is 3.21. The van der Waals surface area contributed by atoms with Gasteiger partial charge in [-0.05, 0) is 19.1 Å². The van der Waals surface area contributed by atoms with E-state index in [0.29, 0.717) is 0 Å². The lowest BCUT2D eigenvalue weighted by Gasteiger charge is -2.07. The Kier molecular flexibility index (Phi) is 4.14. The minimum absolute atomic E-state index is 0.0553. The number of nitrogens with zero attached hydrogens (tertiary/aromatic N) is 2. The number of aromatic nitrogens is 2. The number of aryl methyl sites for hydroxylation is 1. The zero-order chi connectivity index (χ0) is 14.7. The Bertz CT molecular complexity index is 664. The molecular weight excluding hydrogens is 285 g/mol. The summed E-state index contributed by atoms with van der Waals surface area (Å²) in [5.41, 5.74) is 0.675. The fraction of sp³-hybridized carbons (Fsp3) is 0.154. The molecule has 2 aromatic rings. The van der Waals surface area contributed by atoms with Crippen LogP contribution in [-0.4, -0.2) is 23.0 Å². The normalized spacial score (nSPS) is 10.2. The first-order valence-corrected chi connectivity index (χ1v) is 6.03. The first kappa shape index (κ1) is 14.2. The van der Waals surface area contributed by atoms with E-state index in [9.17, 15) is 9.18 Å². The molecule has 0 saturated carbocycles. The second-order valence-electron chi connectivity index (χ2n) is 3.99. The summed E-state index contributed by atoms with van der Waals surface area (Å²) in [6.07, 6.45) is 0. The predicted octanol–water partition coefficient (Wildman–Crippen LogP) is 2.84. The molecule has 0 atom stereocenters. The van der Waals surface area contributed by atoms with Crippen molar-refractivity contribution in [1.82, 2.24) is 9.97 Å². The lowest BCUT2D eigenvalue weighted by Crippen LogP contribution is -2.16. The van der Waals surface area contributed by atoms with Gasteiger partial charge in [0.05, 0.1) is 12.7 Å². The topological polar surface area (TPSA) is 64.1 Å². The lowest BCUT2D eigenvalue weighted by molar-refractivity contribution is 0.102. The van der Waals surface area contributed by atoms with Gasteiger partial charge in [-0.3, -0.25) is 10.1 Å². The summed E-state index contributed by atoms with van der Waals surface area (Å²) < 4.78 is 18.5. The molecule has 1 aromatic carbocycles. The molecule has 1 heterocycles. The van der Waals surface area contributed by atoms with Gasteiger partial charge >= 0.3 is 0 Å². The van der Waals surface area contributed by atoms with Crippen LogP contribution in [0, 0.1) is 12.7 Å². The summed E-state index contributed by atoms with van der Waals surface area (Å²) >= 11 is 5.76. The number of carbonyl (C=O) groups excluding carboxylic acids is 1. The van der Waals surface area contributed by atoms with E-state index in [2.05, 4.69) is 15.3 Å². The van der Waals surface area contributed by atoms with Gasteiger partial charge in [0.25, 0.3) is 5.91 Å². The molecule has 0 spiro atoms. The molecule has 7 heteroatoms. The van der Waals surface area contributed by atoms with Gasteiger partial charge in [-0.2, -0.15) is 4.98 Å². The Hall–Kier alpha value is -2.21. The molecule has 2 rings (SSSR count). The lowest BCUT2D eigenvalue weighted by atomic mass is 10.1. The molecular formula is C13H11ClFN3O2. The summed E-state index contributed by atoms with van der Waals surface area (Å²) in [4.78, 5) is 19.7. The molecule has 0 fully saturated rings. The Morgan fingerprint density at radius 3 is 2.80 bits per heavy atom. The van der Waals surface area contributed by atoms with E-state index in [1.165, 1.54) is 25.3 Å². The average Bonchev–Trinajstić information content (AvgIpc) is 2.40. The van der Waals surface area contributed by atoms with Crippen molar-refractivity contribution in [3.8, 4) is 5.88 Å². The molecule has 104 valence electrons. The summed E-state index contributed by atoms with van der Waals surface area (Å²) in [6, 6.07) is 5.63. The van der Waals surface area contributed by atoms with E-state index in [1.807, 2.05) is 0 Å². The van der Waals surface area contributed by atoms with Crippen LogP contribution < -0.4 is 10.1 Å². The predicted molar refractivity (Wildman–Crippen MR) is 72.7 cm³/mol. The van der Waals surface area contributed by atoms with Crippen LogP contribution in [-0.2, 0) is 0 Å². The van der Waals surface area contributed by atoms with E-state index in [-0.39, 0.29) is 22.5 Å². The van der Waals surface area contributed by atoms with Crippen molar-refractivity contribution in [3.05, 3.63) is 46.4 Å². The number of anilines is 1. The number of ether oxygens (including phenoxy) is 1. The van der Waals surface area contributed by atoms with Crippen molar-refractivity contribution in [2.75, 3.05) is 12.4 Å². The standard InChI is InChI=1S/C13H11ClFN3O2/c1-7-3-4-9(15)8(5-7)12(19)18-13-16-10(14)6-11(17-13)20-2/h3-6H,1-2H3,(H,16,17,18,19). The van der Waals surface area contributed by atoms with Crippen molar-refractivity contribution < 1.29 is 13.9 Å². The molecule has 0 aliphatic heterocycles. The van der Waals surface area contributed by atoms with Crippen LogP contribution in [0.25, 0.3) is 0 Å². The largest absolute Gasteiger partial charge is 0.481 e. The van der Waals surface area contributed by atoms with Crippen LogP contribution in [0.15, 0.2) is 24.3 Å². The number of hydrogen-bond donors (Lipinski definition) is 1. The van der Waals surface area contributed by atoms with Crippen molar-refractivity contribution in [2.45, 2.75) is 6.92 Å². The number of halogens is 2. The van der Waals surface area contributed by atoms with Crippen molar-refractivity contribution in [3.63, 3.8) is 0 Å². The Labute approximate surface area is 119 Å². The molecule has 0 radical (unpaired) electrons. The zero-order valence-corrected chi connectivity index (χ0v) is 11.5. The first-order valence-electron chi connectivity index (χ1n) is 5.65. The number of amides is 1. The zero-order valence-electron chi connectivity index (χ0n) is 10.8. The highest BCUT2D eigenvalue weighted by molar-refractivity contribution is 6.29. The Balaban J connectivity index is 2.27. The van der Waals surface area contributed by atoms with Crippen molar-refractivity contribution in [1.29, 1.82) is 0 Å². The van der Waals surface area contributed by atoms with Crippen LogP contribution in [0.5, 0.6) is 5.88 Å². The second kappa shape index (κ2) is 5.83. The van der Waals surface area contributed by atoms with Gasteiger partial charge < -0.3 is 4.74 Å². The molecule has 0 aliphatic carbocycles. The molecule has 0 aliphatic rings. The number of methoxy groups -OCH3 is 1. The van der Waals surface area contributed by atoms with Gasteiger partial charge in [0, 0.05) is 6.07 Å². The molecule has 0 saturated heterocycles. The molecule has 1 aromatic heterocycles. The fourth-order valence-electron chi connectivity index (χ4n) is 1.54. The van der Waals surface area contributed by atoms with E-state index in [0.717, 1.165) is 5.56 Å². The highest BCUT2D eigenvalue weighted by Crippen LogP contribution is 2.17. The van der Waals surface area contributed by atoms with Crippen molar-refractivity contribution >= 4 is 23.5 Å². The highest BCUT2D eigenvalue weighted by atomic mass is 35.5. The maximum Gasteiger partial charge on any atom is 0.261 e.